The number of aromatic nitrogens is 1. The molecule has 0 saturated carbocycles. The lowest BCUT2D eigenvalue weighted by molar-refractivity contribution is -0.122. The summed E-state index contributed by atoms with van der Waals surface area (Å²) in [4.78, 5) is 36.0. The molecule has 3 aromatic carbocycles. The van der Waals surface area contributed by atoms with Gasteiger partial charge in [0.2, 0.25) is 5.76 Å². The molecule has 0 spiro atoms. The van der Waals surface area contributed by atoms with Gasteiger partial charge in [-0.25, -0.2) is 9.79 Å². The summed E-state index contributed by atoms with van der Waals surface area (Å²) in [5.74, 6) is 1.18. The fourth-order valence-electron chi connectivity index (χ4n) is 4.81. The fourth-order valence-corrected chi connectivity index (χ4v) is 5.83. The zero-order valence-corrected chi connectivity index (χ0v) is 24.9. The van der Waals surface area contributed by atoms with Crippen molar-refractivity contribution in [3.05, 3.63) is 119 Å². The second kappa shape index (κ2) is 13.0. The number of ether oxygens (including phenoxy) is 3. The van der Waals surface area contributed by atoms with Crippen molar-refractivity contribution in [2.24, 2.45) is 4.99 Å². The van der Waals surface area contributed by atoms with Crippen LogP contribution in [0.1, 0.15) is 27.4 Å². The van der Waals surface area contributed by atoms with Gasteiger partial charge in [-0.2, -0.15) is 0 Å². The van der Waals surface area contributed by atoms with Crippen LogP contribution in [0.5, 0.6) is 11.5 Å². The number of methoxy groups -OCH3 is 2. The zero-order chi connectivity index (χ0) is 30.5. The molecule has 2 aromatic heterocycles. The maximum absolute atomic E-state index is 13.8. The lowest BCUT2D eigenvalue weighted by Gasteiger charge is -2.15. The van der Waals surface area contributed by atoms with Gasteiger partial charge in [0.15, 0.2) is 5.17 Å². The molecule has 10 heteroatoms. The number of carbonyl (C=O) groups excluding carboxylic acids is 2. The van der Waals surface area contributed by atoms with Gasteiger partial charge in [-0.05, 0) is 78.4 Å². The predicted octanol–water partition coefficient (Wildman–Crippen LogP) is 6.98. The molecule has 0 radical (unpaired) electrons. The standard InChI is InChI=1S/C34H29N3O6S/c1-40-25-13-11-24(12-14-25)36-34-37(18-17-23-20-35-28-9-5-4-8-27(23)28)32(38)31(44-34)19-22-7-3-6-10-29(22)42-21-26-15-16-30(43-26)33(39)41-2/h3-16,19-20,35H,17-18,21H2,1-2H3. The summed E-state index contributed by atoms with van der Waals surface area (Å²) in [7, 11) is 2.91. The molecule has 1 N–H and O–H groups in total. The highest BCUT2D eigenvalue weighted by molar-refractivity contribution is 8.18. The number of amides is 1. The van der Waals surface area contributed by atoms with E-state index in [-0.39, 0.29) is 18.3 Å². The van der Waals surface area contributed by atoms with Crippen molar-refractivity contribution in [3.63, 3.8) is 0 Å². The van der Waals surface area contributed by atoms with Gasteiger partial charge < -0.3 is 23.6 Å². The van der Waals surface area contributed by atoms with Gasteiger partial charge in [0, 0.05) is 29.2 Å². The first-order valence-electron chi connectivity index (χ1n) is 13.9. The Morgan fingerprint density at radius 2 is 1.80 bits per heavy atom. The highest BCUT2D eigenvalue weighted by Gasteiger charge is 2.33. The maximum atomic E-state index is 13.8. The van der Waals surface area contributed by atoms with E-state index in [1.165, 1.54) is 18.9 Å². The Hall–Kier alpha value is -5.22. The van der Waals surface area contributed by atoms with Gasteiger partial charge in [0.1, 0.15) is 23.9 Å². The minimum Gasteiger partial charge on any atom is -0.497 e. The number of carbonyl (C=O) groups is 2. The largest absolute Gasteiger partial charge is 0.497 e. The quantitative estimate of drug-likeness (QED) is 0.135. The van der Waals surface area contributed by atoms with Gasteiger partial charge in [0.05, 0.1) is 24.8 Å². The highest BCUT2D eigenvalue weighted by Crippen LogP contribution is 2.36. The number of aromatic amines is 1. The lowest BCUT2D eigenvalue weighted by atomic mass is 10.1. The number of H-pyrrole nitrogens is 1. The van der Waals surface area contributed by atoms with Crippen LogP contribution in [-0.4, -0.2) is 47.7 Å². The number of benzene rings is 3. The van der Waals surface area contributed by atoms with E-state index in [1.807, 2.05) is 79.0 Å². The Morgan fingerprint density at radius 3 is 2.61 bits per heavy atom. The number of esters is 1. The SMILES string of the molecule is COC(=O)c1ccc(COc2ccccc2C=C2SC(=Nc3ccc(OC)cc3)N(CCc3c[nH]c4ccccc34)C2=O)o1. The third kappa shape index (κ3) is 6.25. The molecule has 1 fully saturated rings. The normalized spacial score (nSPS) is 15.0. The van der Waals surface area contributed by atoms with Crippen LogP contribution in [0.3, 0.4) is 0 Å². The van der Waals surface area contributed by atoms with E-state index in [9.17, 15) is 9.59 Å². The summed E-state index contributed by atoms with van der Waals surface area (Å²) >= 11 is 1.32. The van der Waals surface area contributed by atoms with Crippen LogP contribution in [0, 0.1) is 0 Å². The molecule has 5 aromatic rings. The van der Waals surface area contributed by atoms with Crippen molar-refractivity contribution in [1.82, 2.24) is 9.88 Å². The number of aliphatic imine (C=N–C) groups is 1. The maximum Gasteiger partial charge on any atom is 0.373 e. The smallest absolute Gasteiger partial charge is 0.373 e. The van der Waals surface area contributed by atoms with Gasteiger partial charge >= 0.3 is 5.97 Å². The molecule has 6 rings (SSSR count). The van der Waals surface area contributed by atoms with Crippen molar-refractivity contribution < 1.29 is 28.2 Å². The average Bonchev–Trinajstić information content (AvgIpc) is 3.78. The highest BCUT2D eigenvalue weighted by atomic mass is 32.2. The first-order chi connectivity index (χ1) is 21.5. The number of fused-ring (bicyclic) bond motifs is 1. The topological polar surface area (TPSA) is 106 Å². The predicted molar refractivity (Wildman–Crippen MR) is 170 cm³/mol. The van der Waals surface area contributed by atoms with Crippen molar-refractivity contribution in [1.29, 1.82) is 0 Å². The summed E-state index contributed by atoms with van der Waals surface area (Å²) in [5.41, 5.74) is 3.63. The van der Waals surface area contributed by atoms with Crippen LogP contribution >= 0.6 is 11.8 Å². The molecule has 3 heterocycles. The number of nitrogens with zero attached hydrogens (tertiary/aromatic N) is 2. The number of thioether (sulfide) groups is 1. The molecule has 1 aliphatic heterocycles. The number of hydrogen-bond donors (Lipinski definition) is 1. The number of nitrogens with one attached hydrogen (secondary N) is 1. The van der Waals surface area contributed by atoms with Crippen molar-refractivity contribution in [2.75, 3.05) is 20.8 Å². The molecular formula is C34H29N3O6S. The van der Waals surface area contributed by atoms with Crippen LogP contribution in [0.4, 0.5) is 5.69 Å². The van der Waals surface area contributed by atoms with Crippen LogP contribution < -0.4 is 9.47 Å². The van der Waals surface area contributed by atoms with E-state index in [1.54, 1.807) is 24.1 Å². The Labute approximate surface area is 258 Å². The van der Waals surface area contributed by atoms with E-state index in [0.29, 0.717) is 40.2 Å². The number of para-hydroxylation sites is 2. The second-order valence-electron chi connectivity index (χ2n) is 9.85. The van der Waals surface area contributed by atoms with Crippen molar-refractivity contribution in [3.8, 4) is 11.5 Å². The molecule has 222 valence electrons. The zero-order valence-electron chi connectivity index (χ0n) is 24.1. The Morgan fingerprint density at radius 1 is 1.00 bits per heavy atom. The van der Waals surface area contributed by atoms with Crippen LogP contribution in [-0.2, 0) is 22.6 Å². The molecule has 0 bridgehead atoms. The van der Waals surface area contributed by atoms with Gasteiger partial charge in [-0.3, -0.25) is 9.69 Å². The van der Waals surface area contributed by atoms with Gasteiger partial charge in [-0.1, -0.05) is 36.4 Å². The third-order valence-electron chi connectivity index (χ3n) is 7.09. The van der Waals surface area contributed by atoms with E-state index in [2.05, 4.69) is 11.1 Å². The van der Waals surface area contributed by atoms with Crippen LogP contribution in [0.25, 0.3) is 17.0 Å². The molecule has 9 nitrogen and oxygen atoms in total. The Balaban J connectivity index is 1.26. The summed E-state index contributed by atoms with van der Waals surface area (Å²) in [6.07, 6.45) is 4.47. The minimum atomic E-state index is -0.556. The molecule has 0 aliphatic carbocycles. The molecular weight excluding hydrogens is 578 g/mol. The minimum absolute atomic E-state index is 0.0964. The fraction of sp³-hybridized carbons (Fsp3) is 0.147. The van der Waals surface area contributed by atoms with E-state index in [4.69, 9.17) is 23.6 Å². The monoisotopic (exact) mass is 607 g/mol. The van der Waals surface area contributed by atoms with Gasteiger partial charge in [-0.15, -0.1) is 0 Å². The average molecular weight is 608 g/mol. The first-order valence-corrected chi connectivity index (χ1v) is 14.7. The third-order valence-corrected chi connectivity index (χ3v) is 8.10. The second-order valence-corrected chi connectivity index (χ2v) is 10.9. The molecule has 0 atom stereocenters. The van der Waals surface area contributed by atoms with Crippen LogP contribution in [0.15, 0.2) is 105 Å². The molecule has 1 saturated heterocycles. The van der Waals surface area contributed by atoms with Crippen molar-refractivity contribution >= 4 is 51.5 Å². The Kier molecular flexibility index (Phi) is 8.51. The summed E-state index contributed by atoms with van der Waals surface area (Å²) < 4.78 is 21.5. The number of hydrogen-bond acceptors (Lipinski definition) is 8. The van der Waals surface area contributed by atoms with Crippen LogP contribution in [0.2, 0.25) is 0 Å². The van der Waals surface area contributed by atoms with E-state index >= 15 is 0 Å². The lowest BCUT2D eigenvalue weighted by Crippen LogP contribution is -2.31. The Bertz CT molecular complexity index is 1870. The van der Waals surface area contributed by atoms with Gasteiger partial charge in [0.25, 0.3) is 5.91 Å². The molecule has 44 heavy (non-hydrogen) atoms. The van der Waals surface area contributed by atoms with E-state index in [0.717, 1.165) is 27.8 Å². The van der Waals surface area contributed by atoms with E-state index < -0.39 is 5.97 Å². The van der Waals surface area contributed by atoms with Crippen molar-refractivity contribution in [2.45, 2.75) is 13.0 Å². The number of furan rings is 1. The first kappa shape index (κ1) is 28.9. The molecule has 1 aliphatic rings. The molecule has 1 amide bonds. The molecule has 0 unspecified atom stereocenters. The number of amidine groups is 1. The number of rotatable bonds is 10. The summed E-state index contributed by atoms with van der Waals surface area (Å²) in [5, 5.41) is 1.73. The summed E-state index contributed by atoms with van der Waals surface area (Å²) in [6.45, 7) is 0.554. The summed E-state index contributed by atoms with van der Waals surface area (Å²) in [6, 6.07) is 26.2.